The highest BCUT2D eigenvalue weighted by atomic mass is 16.1. The molecule has 0 saturated carbocycles. The number of aromatic nitrogens is 3. The van der Waals surface area contributed by atoms with Crippen LogP contribution in [0.25, 0.3) is 11.4 Å². The highest BCUT2D eigenvalue weighted by molar-refractivity contribution is 6.04. The van der Waals surface area contributed by atoms with Gasteiger partial charge in [-0.1, -0.05) is 18.2 Å². The van der Waals surface area contributed by atoms with Gasteiger partial charge in [-0.2, -0.15) is 0 Å². The molecular formula is C20H20N4O. The Labute approximate surface area is 146 Å². The first-order valence-electron chi connectivity index (χ1n) is 8.66. The molecule has 1 aromatic heterocycles. The minimum absolute atomic E-state index is 0.0798. The summed E-state index contributed by atoms with van der Waals surface area (Å²) in [6, 6.07) is 13.7. The normalized spacial score (nSPS) is 12.8. The molecule has 1 aliphatic rings. The Kier molecular flexibility index (Phi) is 4.06. The molecule has 2 aromatic carbocycles. The van der Waals surface area contributed by atoms with Gasteiger partial charge >= 0.3 is 0 Å². The molecule has 1 heterocycles. The number of anilines is 1. The van der Waals surface area contributed by atoms with Crippen molar-refractivity contribution in [1.82, 2.24) is 14.8 Å². The average molecular weight is 332 g/mol. The molecule has 25 heavy (non-hydrogen) atoms. The lowest BCUT2D eigenvalue weighted by atomic mass is 10.1. The van der Waals surface area contributed by atoms with Crippen LogP contribution in [0.3, 0.4) is 0 Å². The molecule has 1 aliphatic carbocycles. The summed E-state index contributed by atoms with van der Waals surface area (Å²) in [5, 5.41) is 11.1. The Morgan fingerprint density at radius 2 is 2.04 bits per heavy atom. The number of nitrogens with zero attached hydrogens (tertiary/aromatic N) is 3. The number of aryl methyl sites for hydroxylation is 3. The number of carbonyl (C=O) groups is 1. The molecular weight excluding hydrogens is 312 g/mol. The minimum atomic E-state index is -0.0798. The molecule has 126 valence electrons. The minimum Gasteiger partial charge on any atom is -0.322 e. The van der Waals surface area contributed by atoms with Crippen molar-refractivity contribution in [2.24, 2.45) is 0 Å². The summed E-state index contributed by atoms with van der Waals surface area (Å²) >= 11 is 0. The molecule has 0 aliphatic heterocycles. The maximum Gasteiger partial charge on any atom is 0.255 e. The quantitative estimate of drug-likeness (QED) is 0.792. The van der Waals surface area contributed by atoms with Gasteiger partial charge in [0, 0.05) is 23.4 Å². The van der Waals surface area contributed by atoms with Crippen LogP contribution in [0.4, 0.5) is 5.69 Å². The Morgan fingerprint density at radius 3 is 2.92 bits per heavy atom. The van der Waals surface area contributed by atoms with E-state index in [2.05, 4.69) is 21.6 Å². The standard InChI is InChI=1S/C20H20N4O/c1-2-24-13-21-23-19(24)16-7-4-8-18(12-16)22-20(25)17-10-9-14-5-3-6-15(14)11-17/h4,7-13H,2-3,5-6H2,1H3,(H,22,25). The van der Waals surface area contributed by atoms with Gasteiger partial charge < -0.3 is 9.88 Å². The van der Waals surface area contributed by atoms with Gasteiger partial charge in [-0.3, -0.25) is 4.79 Å². The summed E-state index contributed by atoms with van der Waals surface area (Å²) in [7, 11) is 0. The van der Waals surface area contributed by atoms with Gasteiger partial charge in [-0.15, -0.1) is 10.2 Å². The monoisotopic (exact) mass is 332 g/mol. The van der Waals surface area contributed by atoms with Crippen molar-refractivity contribution in [3.05, 3.63) is 65.5 Å². The van der Waals surface area contributed by atoms with Gasteiger partial charge in [0.1, 0.15) is 6.33 Å². The van der Waals surface area contributed by atoms with E-state index in [9.17, 15) is 4.79 Å². The van der Waals surface area contributed by atoms with Gasteiger partial charge in [0.25, 0.3) is 5.91 Å². The van der Waals surface area contributed by atoms with E-state index in [-0.39, 0.29) is 5.91 Å². The summed E-state index contributed by atoms with van der Waals surface area (Å²) in [6.07, 6.45) is 5.09. The highest BCUT2D eigenvalue weighted by Crippen LogP contribution is 2.24. The zero-order valence-electron chi connectivity index (χ0n) is 14.2. The van der Waals surface area contributed by atoms with Crippen LogP contribution in [0.2, 0.25) is 0 Å². The topological polar surface area (TPSA) is 59.8 Å². The van der Waals surface area contributed by atoms with Crippen LogP contribution in [0.5, 0.6) is 0 Å². The highest BCUT2D eigenvalue weighted by Gasteiger charge is 2.14. The van der Waals surface area contributed by atoms with E-state index in [0.29, 0.717) is 5.56 Å². The molecule has 0 radical (unpaired) electrons. The predicted molar refractivity (Wildman–Crippen MR) is 97.6 cm³/mol. The fourth-order valence-electron chi connectivity index (χ4n) is 3.36. The Bertz CT molecular complexity index is 929. The number of amides is 1. The molecule has 0 unspecified atom stereocenters. The molecule has 0 fully saturated rings. The Hall–Kier alpha value is -2.95. The second-order valence-corrected chi connectivity index (χ2v) is 6.31. The first-order valence-corrected chi connectivity index (χ1v) is 8.66. The van der Waals surface area contributed by atoms with Gasteiger partial charge in [-0.05, 0) is 61.6 Å². The SMILES string of the molecule is CCn1cnnc1-c1cccc(NC(=O)c2ccc3c(c2)CCC3)c1. The van der Waals surface area contributed by atoms with Gasteiger partial charge in [-0.25, -0.2) is 0 Å². The van der Waals surface area contributed by atoms with Crippen molar-refractivity contribution in [2.75, 3.05) is 5.32 Å². The average Bonchev–Trinajstić information content (AvgIpc) is 3.30. The van der Waals surface area contributed by atoms with Crippen molar-refractivity contribution in [2.45, 2.75) is 32.7 Å². The molecule has 0 bridgehead atoms. The lowest BCUT2D eigenvalue weighted by molar-refractivity contribution is 0.102. The van der Waals surface area contributed by atoms with Crippen LogP contribution in [0.15, 0.2) is 48.8 Å². The van der Waals surface area contributed by atoms with Gasteiger partial charge in [0.05, 0.1) is 0 Å². The fraction of sp³-hybridized carbons (Fsp3) is 0.250. The number of nitrogens with one attached hydrogen (secondary N) is 1. The third kappa shape index (κ3) is 3.05. The smallest absolute Gasteiger partial charge is 0.255 e. The number of hydrogen-bond donors (Lipinski definition) is 1. The number of rotatable bonds is 4. The van der Waals surface area contributed by atoms with Gasteiger partial charge in [0.2, 0.25) is 0 Å². The molecule has 5 nitrogen and oxygen atoms in total. The maximum atomic E-state index is 12.6. The first kappa shape index (κ1) is 15.6. The van der Waals surface area contributed by atoms with Crippen molar-refractivity contribution in [1.29, 1.82) is 0 Å². The molecule has 3 aromatic rings. The zero-order chi connectivity index (χ0) is 17.2. The zero-order valence-corrected chi connectivity index (χ0v) is 14.2. The Morgan fingerprint density at radius 1 is 1.16 bits per heavy atom. The molecule has 1 N–H and O–H groups in total. The summed E-state index contributed by atoms with van der Waals surface area (Å²) in [5.41, 5.74) is 5.08. The molecule has 1 amide bonds. The Balaban J connectivity index is 1.57. The van der Waals surface area contributed by atoms with Gasteiger partial charge in [0.15, 0.2) is 5.82 Å². The van der Waals surface area contributed by atoms with Crippen LogP contribution in [0, 0.1) is 0 Å². The maximum absolute atomic E-state index is 12.6. The van der Waals surface area contributed by atoms with E-state index < -0.39 is 0 Å². The summed E-state index contributed by atoms with van der Waals surface area (Å²) < 4.78 is 1.97. The van der Waals surface area contributed by atoms with Crippen LogP contribution >= 0.6 is 0 Å². The second-order valence-electron chi connectivity index (χ2n) is 6.31. The number of fused-ring (bicyclic) bond motifs is 1. The number of benzene rings is 2. The summed E-state index contributed by atoms with van der Waals surface area (Å²) in [5.74, 6) is 0.722. The van der Waals surface area contributed by atoms with E-state index in [1.807, 2.05) is 47.9 Å². The van der Waals surface area contributed by atoms with Crippen LogP contribution in [0.1, 0.15) is 34.8 Å². The third-order valence-electron chi connectivity index (χ3n) is 4.70. The second kappa shape index (κ2) is 6.51. The third-order valence-corrected chi connectivity index (χ3v) is 4.70. The molecule has 0 atom stereocenters. The first-order chi connectivity index (χ1) is 12.2. The molecule has 0 spiro atoms. The summed E-state index contributed by atoms with van der Waals surface area (Å²) in [4.78, 5) is 12.6. The van der Waals surface area contributed by atoms with E-state index >= 15 is 0 Å². The fourth-order valence-corrected chi connectivity index (χ4v) is 3.36. The van der Waals surface area contributed by atoms with E-state index in [1.54, 1.807) is 6.33 Å². The van der Waals surface area contributed by atoms with E-state index in [0.717, 1.165) is 36.5 Å². The largest absolute Gasteiger partial charge is 0.322 e. The van der Waals surface area contributed by atoms with Crippen LogP contribution < -0.4 is 5.32 Å². The van der Waals surface area contributed by atoms with Crippen molar-refractivity contribution in [3.8, 4) is 11.4 Å². The lowest BCUT2D eigenvalue weighted by Gasteiger charge is -2.09. The predicted octanol–water partition coefficient (Wildman–Crippen LogP) is 3.71. The molecule has 0 saturated heterocycles. The summed E-state index contributed by atoms with van der Waals surface area (Å²) in [6.45, 7) is 2.85. The molecule has 4 rings (SSSR count). The number of hydrogen-bond acceptors (Lipinski definition) is 3. The van der Waals surface area contributed by atoms with E-state index in [1.165, 1.54) is 17.5 Å². The lowest BCUT2D eigenvalue weighted by Crippen LogP contribution is -2.12. The van der Waals surface area contributed by atoms with Crippen molar-refractivity contribution >= 4 is 11.6 Å². The molecule has 5 heteroatoms. The van der Waals surface area contributed by atoms with Crippen molar-refractivity contribution < 1.29 is 4.79 Å². The number of carbonyl (C=O) groups excluding carboxylic acids is 1. The van der Waals surface area contributed by atoms with Crippen LogP contribution in [-0.2, 0) is 19.4 Å². The van der Waals surface area contributed by atoms with Crippen molar-refractivity contribution in [3.63, 3.8) is 0 Å². The van der Waals surface area contributed by atoms with Crippen LogP contribution in [-0.4, -0.2) is 20.7 Å². The van der Waals surface area contributed by atoms with E-state index in [4.69, 9.17) is 0 Å².